The number of hydrogen-bond acceptors (Lipinski definition) is 8. The van der Waals surface area contributed by atoms with Gasteiger partial charge in [0.15, 0.2) is 0 Å². The van der Waals surface area contributed by atoms with Gasteiger partial charge in [-0.25, -0.2) is 4.79 Å². The van der Waals surface area contributed by atoms with E-state index in [0.29, 0.717) is 27.4 Å². The molecule has 0 saturated carbocycles. The van der Waals surface area contributed by atoms with E-state index in [9.17, 15) is 27.9 Å². The van der Waals surface area contributed by atoms with Gasteiger partial charge in [-0.2, -0.15) is 17.4 Å². The molecule has 0 aliphatic rings. The number of carbonyl (C=O) groups is 3. The number of fused-ring (bicyclic) bond motifs is 1. The molecule has 0 saturated heterocycles. The van der Waals surface area contributed by atoms with E-state index in [1.54, 1.807) is 63.2 Å². The summed E-state index contributed by atoms with van der Waals surface area (Å²) in [6.07, 6.45) is -0.856. The number of furan rings is 1. The highest BCUT2D eigenvalue weighted by Gasteiger charge is 2.36. The Morgan fingerprint density at radius 1 is 0.977 bits per heavy atom. The highest BCUT2D eigenvalue weighted by Crippen LogP contribution is 2.36. The first-order chi connectivity index (χ1) is 19.9. The molecule has 0 radical (unpaired) electrons. The van der Waals surface area contributed by atoms with E-state index in [0.717, 1.165) is 10.9 Å². The number of nitrogens with one attached hydrogen (secondary N) is 1. The molecule has 0 aliphatic carbocycles. The topological polar surface area (TPSA) is 152 Å². The first kappa shape index (κ1) is 33.6. The van der Waals surface area contributed by atoms with Crippen molar-refractivity contribution in [2.24, 2.45) is 0 Å². The van der Waals surface area contributed by atoms with E-state index in [4.69, 9.17) is 13.9 Å². The number of carboxylic acids is 1. The van der Waals surface area contributed by atoms with Crippen molar-refractivity contribution in [2.75, 3.05) is 7.11 Å². The average molecular weight is 617 g/mol. The van der Waals surface area contributed by atoms with Crippen LogP contribution in [0.4, 0.5) is 4.79 Å². The van der Waals surface area contributed by atoms with Crippen LogP contribution in [-0.4, -0.2) is 54.6 Å². The summed E-state index contributed by atoms with van der Waals surface area (Å²) in [4.78, 5) is 37.1. The van der Waals surface area contributed by atoms with Crippen molar-refractivity contribution in [1.29, 1.82) is 0 Å². The first-order valence-corrected chi connectivity index (χ1v) is 15.3. The maximum atomic E-state index is 13.6. The van der Waals surface area contributed by atoms with E-state index in [2.05, 4.69) is 4.72 Å². The summed E-state index contributed by atoms with van der Waals surface area (Å²) in [5, 5.41) is 11.4. The Hall–Kier alpha value is -3.90. The minimum atomic E-state index is -4.71. The number of ether oxygens (including phenoxy) is 2. The second kappa shape index (κ2) is 13.2. The normalized spacial score (nSPS) is 13.0. The van der Waals surface area contributed by atoms with Crippen molar-refractivity contribution in [1.82, 2.24) is 9.03 Å². The molecule has 2 N–H and O–H groups in total. The Morgan fingerprint density at radius 3 is 2.19 bits per heavy atom. The van der Waals surface area contributed by atoms with Crippen molar-refractivity contribution in [3.05, 3.63) is 71.2 Å². The molecular formula is C31H40N2O9S. The average Bonchev–Trinajstić information content (AvgIpc) is 3.27. The molecular weight excluding hydrogens is 576 g/mol. The van der Waals surface area contributed by atoms with Crippen LogP contribution >= 0.6 is 0 Å². The lowest BCUT2D eigenvalue weighted by molar-refractivity contribution is -0.141. The molecule has 12 heteroatoms. The summed E-state index contributed by atoms with van der Waals surface area (Å²) in [5.41, 5.74) is -0.112. The SMILES string of the molecule is COC(=O)CCc1ccc2c(CC(NS(=O)(=O)N(Cc3ccccc3)C(=O)OC(C)(C)C)C(=O)O)oc(C(C)(C)C)c2c1. The largest absolute Gasteiger partial charge is 0.480 e. The molecule has 234 valence electrons. The third-order valence-electron chi connectivity index (χ3n) is 6.42. The predicted molar refractivity (Wildman–Crippen MR) is 161 cm³/mol. The van der Waals surface area contributed by atoms with E-state index in [1.165, 1.54) is 7.11 Å². The lowest BCUT2D eigenvalue weighted by Gasteiger charge is -2.28. The molecule has 1 amide bonds. The summed E-state index contributed by atoms with van der Waals surface area (Å²) in [6.45, 7) is 10.2. The molecule has 0 fully saturated rings. The maximum absolute atomic E-state index is 13.6. The van der Waals surface area contributed by atoms with Crippen LogP contribution < -0.4 is 4.72 Å². The molecule has 0 spiro atoms. The fourth-order valence-electron chi connectivity index (χ4n) is 4.39. The van der Waals surface area contributed by atoms with Crippen LogP contribution in [-0.2, 0) is 54.1 Å². The van der Waals surface area contributed by atoms with Crippen molar-refractivity contribution >= 4 is 39.0 Å². The zero-order valence-electron chi connectivity index (χ0n) is 25.6. The zero-order valence-corrected chi connectivity index (χ0v) is 26.4. The molecule has 2 aromatic carbocycles. The van der Waals surface area contributed by atoms with Crippen molar-refractivity contribution in [3.8, 4) is 0 Å². The fourth-order valence-corrected chi connectivity index (χ4v) is 5.61. The number of aryl methyl sites for hydroxylation is 1. The number of methoxy groups -OCH3 is 1. The van der Waals surface area contributed by atoms with Gasteiger partial charge in [0.05, 0.1) is 13.7 Å². The number of carbonyl (C=O) groups excluding carboxylic acids is 2. The molecule has 0 bridgehead atoms. The van der Waals surface area contributed by atoms with Gasteiger partial charge in [-0.1, -0.05) is 63.2 Å². The standard InChI is InChI=1S/C31H40N2O9S/c1-30(2,3)27-23-17-20(14-16-26(34)40-7)13-15-22(23)25(41-27)18-24(28(35)36)32-43(38,39)33(29(37)42-31(4,5)6)19-21-11-9-8-10-12-21/h8-13,15,17,24,32H,14,16,18-19H2,1-7H3,(H,35,36). The molecule has 1 atom stereocenters. The van der Waals surface area contributed by atoms with Crippen LogP contribution in [0.15, 0.2) is 52.9 Å². The highest BCUT2D eigenvalue weighted by molar-refractivity contribution is 7.87. The predicted octanol–water partition coefficient (Wildman–Crippen LogP) is 5.10. The third-order valence-corrected chi connectivity index (χ3v) is 7.86. The number of amides is 1. The molecule has 1 heterocycles. The van der Waals surface area contributed by atoms with Crippen molar-refractivity contribution < 1.29 is 41.8 Å². The molecule has 3 rings (SSSR count). The van der Waals surface area contributed by atoms with Crippen LogP contribution in [0.3, 0.4) is 0 Å². The van der Waals surface area contributed by atoms with Crippen LogP contribution in [0.2, 0.25) is 0 Å². The number of esters is 1. The quantitative estimate of drug-likeness (QED) is 0.280. The monoisotopic (exact) mass is 616 g/mol. The summed E-state index contributed by atoms with van der Waals surface area (Å²) < 4.78 is 46.1. The van der Waals surface area contributed by atoms with E-state index in [1.807, 2.05) is 26.8 Å². The van der Waals surface area contributed by atoms with Gasteiger partial charge < -0.3 is 19.0 Å². The number of nitrogens with zero attached hydrogens (tertiary/aromatic N) is 1. The van der Waals surface area contributed by atoms with Crippen LogP contribution in [0.5, 0.6) is 0 Å². The second-order valence-electron chi connectivity index (χ2n) is 12.3. The number of hydrogen-bond donors (Lipinski definition) is 2. The number of carboxylic acid groups (broad SMARTS) is 1. The first-order valence-electron chi connectivity index (χ1n) is 13.8. The smallest absolute Gasteiger partial charge is 0.425 e. The Labute approximate surface area is 252 Å². The van der Waals surface area contributed by atoms with Gasteiger partial charge in [-0.3, -0.25) is 9.59 Å². The van der Waals surface area contributed by atoms with Crippen LogP contribution in [0.1, 0.15) is 70.6 Å². The van der Waals surface area contributed by atoms with Crippen LogP contribution in [0.25, 0.3) is 10.8 Å². The Kier molecular flexibility index (Phi) is 10.3. The summed E-state index contributed by atoms with van der Waals surface area (Å²) in [5.74, 6) is -0.942. The Balaban J connectivity index is 1.98. The lowest BCUT2D eigenvalue weighted by atomic mass is 9.90. The van der Waals surface area contributed by atoms with E-state index < -0.39 is 39.3 Å². The van der Waals surface area contributed by atoms with Gasteiger partial charge in [-0.15, -0.1) is 0 Å². The van der Waals surface area contributed by atoms with Gasteiger partial charge in [-0.05, 0) is 44.4 Å². The van der Waals surface area contributed by atoms with Gasteiger partial charge in [0.1, 0.15) is 23.2 Å². The van der Waals surface area contributed by atoms with Gasteiger partial charge in [0, 0.05) is 29.0 Å². The van der Waals surface area contributed by atoms with Gasteiger partial charge in [0.25, 0.3) is 0 Å². The minimum absolute atomic E-state index is 0.192. The number of benzene rings is 2. The summed E-state index contributed by atoms with van der Waals surface area (Å²) >= 11 is 0. The van der Waals surface area contributed by atoms with Gasteiger partial charge >= 0.3 is 28.2 Å². The minimum Gasteiger partial charge on any atom is -0.480 e. The van der Waals surface area contributed by atoms with E-state index in [-0.39, 0.29) is 31.1 Å². The molecule has 11 nitrogen and oxygen atoms in total. The molecule has 0 aliphatic heterocycles. The fraction of sp³-hybridized carbons (Fsp3) is 0.452. The van der Waals surface area contributed by atoms with Gasteiger partial charge in [0.2, 0.25) is 0 Å². The Bertz CT molecular complexity index is 1570. The molecule has 43 heavy (non-hydrogen) atoms. The van der Waals surface area contributed by atoms with Crippen molar-refractivity contribution in [3.63, 3.8) is 0 Å². The number of rotatable bonds is 11. The molecule has 1 aromatic heterocycles. The third kappa shape index (κ3) is 9.04. The van der Waals surface area contributed by atoms with Crippen molar-refractivity contribution in [2.45, 2.75) is 84.4 Å². The second-order valence-corrected chi connectivity index (χ2v) is 13.9. The Morgan fingerprint density at radius 2 is 1.63 bits per heavy atom. The van der Waals surface area contributed by atoms with E-state index >= 15 is 0 Å². The summed E-state index contributed by atoms with van der Waals surface area (Å²) in [7, 11) is -3.39. The molecule has 1 unspecified atom stereocenters. The molecule has 3 aromatic rings. The lowest BCUT2D eigenvalue weighted by Crippen LogP contribution is -2.51. The highest BCUT2D eigenvalue weighted by atomic mass is 32.2. The summed E-state index contributed by atoms with van der Waals surface area (Å²) in [6, 6.07) is 12.2. The zero-order chi connectivity index (χ0) is 32.2. The number of aliphatic carboxylic acids is 1. The van der Waals surface area contributed by atoms with Crippen LogP contribution in [0, 0.1) is 0 Å². The maximum Gasteiger partial charge on any atom is 0.425 e.